The van der Waals surface area contributed by atoms with E-state index >= 15 is 0 Å². The molecule has 1 aromatic carbocycles. The molecule has 0 bridgehead atoms. The zero-order chi connectivity index (χ0) is 19.0. The Balaban J connectivity index is 2.66. The number of anilines is 1. The fourth-order valence-electron chi connectivity index (χ4n) is 2.03. The highest BCUT2D eigenvalue weighted by molar-refractivity contribution is 14.1. The number of amides is 2. The Labute approximate surface area is 159 Å². The monoisotopic (exact) mass is 463 g/mol. The highest BCUT2D eigenvalue weighted by Crippen LogP contribution is 2.18. The number of carbonyl (C=O) groups excluding carboxylic acids is 3. The van der Waals surface area contributed by atoms with Crippen LogP contribution >= 0.6 is 22.6 Å². The molecule has 8 nitrogen and oxygen atoms in total. The molecule has 0 fully saturated rings. The third-order valence-corrected chi connectivity index (χ3v) is 4.35. The van der Waals surface area contributed by atoms with Crippen LogP contribution in [-0.4, -0.2) is 42.1 Å². The van der Waals surface area contributed by atoms with Gasteiger partial charge in [0.2, 0.25) is 0 Å². The normalized spacial score (nSPS) is 13.0. The van der Waals surface area contributed by atoms with Crippen molar-refractivity contribution < 1.29 is 24.2 Å². The number of aliphatic hydroxyl groups is 1. The van der Waals surface area contributed by atoms with Gasteiger partial charge in [-0.2, -0.15) is 0 Å². The van der Waals surface area contributed by atoms with E-state index in [2.05, 4.69) is 33.2 Å². The summed E-state index contributed by atoms with van der Waals surface area (Å²) in [7, 11) is 0. The highest BCUT2D eigenvalue weighted by atomic mass is 127. The number of nitrogens with two attached hydrogens (primary N) is 1. The Morgan fingerprint density at radius 3 is 2.56 bits per heavy atom. The van der Waals surface area contributed by atoms with Crippen molar-refractivity contribution in [2.24, 2.45) is 11.7 Å². The maximum atomic E-state index is 12.2. The molecule has 0 aliphatic heterocycles. The minimum absolute atomic E-state index is 0.0535. The summed E-state index contributed by atoms with van der Waals surface area (Å²) in [5.41, 5.74) is 6.51. The first-order chi connectivity index (χ1) is 11.8. The smallest absolute Gasteiger partial charge is 0.405 e. The molecule has 0 unspecified atom stereocenters. The topological polar surface area (TPSA) is 131 Å². The Kier molecular flexibility index (Phi) is 8.62. The standard InChI is InChI=1S/C16H22IN3O5/c1-9(2)14(25-16(18)24)15(23)20-12(8-22)6-19-11-4-3-10(7-21)13(17)5-11/h3-5,8-9,12,14,19,21H,6-7H2,1-2H3,(H2,18,24)(H,20,23)/t12-,14-/m0/s1. The molecule has 9 heteroatoms. The number of primary amides is 1. The maximum absolute atomic E-state index is 12.2. The molecule has 138 valence electrons. The van der Waals surface area contributed by atoms with Crippen LogP contribution in [0.3, 0.4) is 0 Å². The molecule has 0 saturated carbocycles. The van der Waals surface area contributed by atoms with Crippen LogP contribution in [0.1, 0.15) is 19.4 Å². The molecule has 0 aromatic heterocycles. The minimum atomic E-state index is -1.07. The van der Waals surface area contributed by atoms with E-state index in [-0.39, 0.29) is 19.1 Å². The fraction of sp³-hybridized carbons (Fsp3) is 0.438. The number of aliphatic hydroxyl groups excluding tert-OH is 1. The molecule has 5 N–H and O–H groups in total. The minimum Gasteiger partial charge on any atom is -0.436 e. The van der Waals surface area contributed by atoms with E-state index in [1.165, 1.54) is 0 Å². The number of nitrogens with one attached hydrogen (secondary N) is 2. The van der Waals surface area contributed by atoms with Crippen LogP contribution < -0.4 is 16.4 Å². The summed E-state index contributed by atoms with van der Waals surface area (Å²) in [5.74, 6) is -0.877. The average Bonchev–Trinajstić information content (AvgIpc) is 2.55. The molecule has 0 aliphatic rings. The average molecular weight is 463 g/mol. The summed E-state index contributed by atoms with van der Waals surface area (Å²) >= 11 is 2.10. The van der Waals surface area contributed by atoms with E-state index in [0.29, 0.717) is 6.29 Å². The van der Waals surface area contributed by atoms with Gasteiger partial charge in [0, 0.05) is 15.8 Å². The van der Waals surface area contributed by atoms with Crippen LogP contribution in [0.15, 0.2) is 18.2 Å². The van der Waals surface area contributed by atoms with Crippen molar-refractivity contribution in [1.29, 1.82) is 0 Å². The summed E-state index contributed by atoms with van der Waals surface area (Å²) in [6.45, 7) is 3.51. The first-order valence-corrected chi connectivity index (χ1v) is 8.71. The third kappa shape index (κ3) is 6.86. The lowest BCUT2D eigenvalue weighted by Crippen LogP contribution is -2.48. The zero-order valence-corrected chi connectivity index (χ0v) is 16.1. The Hall–Kier alpha value is -1.88. The second kappa shape index (κ2) is 10.2. The van der Waals surface area contributed by atoms with Crippen LogP contribution in [0, 0.1) is 9.49 Å². The van der Waals surface area contributed by atoms with Crippen LogP contribution in [0.4, 0.5) is 10.5 Å². The number of hydrogen-bond donors (Lipinski definition) is 4. The van der Waals surface area contributed by atoms with E-state index in [4.69, 9.17) is 15.6 Å². The number of halogens is 1. The first kappa shape index (κ1) is 21.2. The molecule has 2 amide bonds. The van der Waals surface area contributed by atoms with E-state index in [0.717, 1.165) is 14.8 Å². The Bertz CT molecular complexity index is 624. The number of ether oxygens (including phenoxy) is 1. The summed E-state index contributed by atoms with van der Waals surface area (Å²) in [4.78, 5) is 34.3. The van der Waals surface area contributed by atoms with Gasteiger partial charge < -0.3 is 31.0 Å². The first-order valence-electron chi connectivity index (χ1n) is 7.63. The second-order valence-electron chi connectivity index (χ2n) is 5.70. The van der Waals surface area contributed by atoms with Crippen molar-refractivity contribution in [3.05, 3.63) is 27.3 Å². The SMILES string of the molecule is CC(C)[C@H](OC(N)=O)C(=O)N[C@H](C=O)CNc1ccc(CO)c(I)c1. The van der Waals surface area contributed by atoms with Crippen molar-refractivity contribution in [3.8, 4) is 0 Å². The molecule has 25 heavy (non-hydrogen) atoms. The summed E-state index contributed by atoms with van der Waals surface area (Å²) in [6.07, 6.45) is -1.52. The van der Waals surface area contributed by atoms with E-state index < -0.39 is 24.1 Å². The van der Waals surface area contributed by atoms with Gasteiger partial charge >= 0.3 is 6.09 Å². The van der Waals surface area contributed by atoms with Crippen LogP contribution in [-0.2, 0) is 20.9 Å². The van der Waals surface area contributed by atoms with Gasteiger partial charge in [-0.25, -0.2) is 4.79 Å². The van der Waals surface area contributed by atoms with Crippen molar-refractivity contribution >= 4 is 46.6 Å². The lowest BCUT2D eigenvalue weighted by atomic mass is 10.1. The lowest BCUT2D eigenvalue weighted by molar-refractivity contribution is -0.133. The molecular formula is C16H22IN3O5. The Morgan fingerprint density at radius 1 is 1.40 bits per heavy atom. The van der Waals surface area contributed by atoms with Gasteiger partial charge in [-0.3, -0.25) is 4.79 Å². The van der Waals surface area contributed by atoms with Crippen molar-refractivity contribution in [1.82, 2.24) is 5.32 Å². The number of hydrogen-bond acceptors (Lipinski definition) is 6. The molecule has 2 atom stereocenters. The largest absolute Gasteiger partial charge is 0.436 e. The van der Waals surface area contributed by atoms with E-state index in [9.17, 15) is 14.4 Å². The predicted octanol–water partition coefficient (Wildman–Crippen LogP) is 0.999. The number of carbonyl (C=O) groups is 3. The lowest BCUT2D eigenvalue weighted by Gasteiger charge is -2.22. The fourth-order valence-corrected chi connectivity index (χ4v) is 2.71. The van der Waals surface area contributed by atoms with Crippen LogP contribution in [0.25, 0.3) is 0 Å². The molecule has 1 rings (SSSR count). The summed E-state index contributed by atoms with van der Waals surface area (Å²) in [5, 5.41) is 14.7. The molecular weight excluding hydrogens is 441 g/mol. The predicted molar refractivity (Wildman–Crippen MR) is 101 cm³/mol. The van der Waals surface area contributed by atoms with Crippen LogP contribution in [0.2, 0.25) is 0 Å². The Morgan fingerprint density at radius 2 is 2.08 bits per heavy atom. The van der Waals surface area contributed by atoms with Crippen molar-refractivity contribution in [3.63, 3.8) is 0 Å². The van der Waals surface area contributed by atoms with Crippen LogP contribution in [0.5, 0.6) is 0 Å². The van der Waals surface area contributed by atoms with E-state index in [1.807, 2.05) is 6.07 Å². The zero-order valence-electron chi connectivity index (χ0n) is 14.0. The van der Waals surface area contributed by atoms with Crippen molar-refractivity contribution in [2.75, 3.05) is 11.9 Å². The summed E-state index contributed by atoms with van der Waals surface area (Å²) < 4.78 is 5.67. The number of rotatable bonds is 9. The summed E-state index contributed by atoms with van der Waals surface area (Å²) in [6, 6.07) is 4.56. The maximum Gasteiger partial charge on any atom is 0.405 e. The number of benzene rings is 1. The van der Waals surface area contributed by atoms with Gasteiger partial charge in [-0.1, -0.05) is 19.9 Å². The quantitative estimate of drug-likeness (QED) is 0.319. The van der Waals surface area contributed by atoms with E-state index in [1.54, 1.807) is 26.0 Å². The van der Waals surface area contributed by atoms with Gasteiger partial charge in [0.1, 0.15) is 12.3 Å². The van der Waals surface area contributed by atoms with Gasteiger partial charge in [0.05, 0.1) is 6.61 Å². The van der Waals surface area contributed by atoms with Gasteiger partial charge in [0.25, 0.3) is 5.91 Å². The van der Waals surface area contributed by atoms with Crippen molar-refractivity contribution in [2.45, 2.75) is 32.6 Å². The van der Waals surface area contributed by atoms with Gasteiger partial charge in [-0.15, -0.1) is 0 Å². The second-order valence-corrected chi connectivity index (χ2v) is 6.86. The molecule has 1 aromatic rings. The molecule has 0 heterocycles. The molecule has 0 saturated heterocycles. The number of aldehydes is 1. The molecule has 0 spiro atoms. The molecule has 0 radical (unpaired) electrons. The van der Waals surface area contributed by atoms with Gasteiger partial charge in [0.15, 0.2) is 6.10 Å². The third-order valence-electron chi connectivity index (χ3n) is 3.35. The molecule has 0 aliphatic carbocycles. The highest BCUT2D eigenvalue weighted by Gasteiger charge is 2.27. The van der Waals surface area contributed by atoms with Gasteiger partial charge in [-0.05, 0) is 46.2 Å².